The van der Waals surface area contributed by atoms with Gasteiger partial charge in [0.05, 0.1) is 15.1 Å². The topological polar surface area (TPSA) is 12.9 Å². The summed E-state index contributed by atoms with van der Waals surface area (Å²) in [6.45, 7) is 2.18. The van der Waals surface area contributed by atoms with Gasteiger partial charge in [-0.05, 0) is 36.1 Å². The van der Waals surface area contributed by atoms with Crippen molar-refractivity contribution in [3.63, 3.8) is 0 Å². The Bertz CT molecular complexity index is 817. The summed E-state index contributed by atoms with van der Waals surface area (Å²) in [5.41, 5.74) is 2.48. The fourth-order valence-electron chi connectivity index (χ4n) is 2.03. The second-order valence-corrected chi connectivity index (χ2v) is 7.20. The van der Waals surface area contributed by atoms with Crippen molar-refractivity contribution < 1.29 is 0 Å². The number of para-hydroxylation sites is 1. The predicted molar refractivity (Wildman–Crippen MR) is 83.1 cm³/mol. The molecule has 0 saturated carbocycles. The molecule has 0 aliphatic heterocycles. The Hall–Kier alpha value is -1.23. The van der Waals surface area contributed by atoms with Crippen LogP contribution in [-0.2, 0) is 0 Å². The Kier molecular flexibility index (Phi) is 2.30. The van der Waals surface area contributed by atoms with Crippen molar-refractivity contribution in [1.82, 2.24) is 4.98 Å². The molecule has 4 heteroatoms. The third kappa shape index (κ3) is 1.53. The molecule has 0 atom stereocenters. The van der Waals surface area contributed by atoms with Gasteiger partial charge in [0.2, 0.25) is 0 Å². The summed E-state index contributed by atoms with van der Waals surface area (Å²) in [6, 6.07) is 10.6. The number of rotatable bonds is 1. The molecule has 0 amide bonds. The maximum Gasteiger partial charge on any atom is 0.134 e. The number of aromatic nitrogens is 1. The van der Waals surface area contributed by atoms with Crippen LogP contribution in [0, 0.1) is 6.92 Å². The monoisotopic (exact) mass is 287 g/mol. The van der Waals surface area contributed by atoms with Crippen LogP contribution >= 0.6 is 34.0 Å². The first-order valence-electron chi connectivity index (χ1n) is 5.65. The summed E-state index contributed by atoms with van der Waals surface area (Å²) in [7, 11) is 0. The molecule has 4 rings (SSSR count). The van der Waals surface area contributed by atoms with E-state index in [1.165, 1.54) is 24.5 Å². The molecule has 0 unspecified atom stereocenters. The van der Waals surface area contributed by atoms with Crippen LogP contribution in [0.5, 0.6) is 0 Å². The summed E-state index contributed by atoms with van der Waals surface area (Å²) in [4.78, 5) is 6.01. The molecule has 1 aromatic carbocycles. The van der Waals surface area contributed by atoms with Gasteiger partial charge in [-0.15, -0.1) is 34.0 Å². The van der Waals surface area contributed by atoms with Crippen molar-refractivity contribution in [2.45, 2.75) is 6.92 Å². The van der Waals surface area contributed by atoms with Crippen LogP contribution < -0.4 is 0 Å². The molecule has 4 aromatic rings. The maximum absolute atomic E-state index is 4.72. The van der Waals surface area contributed by atoms with E-state index in [2.05, 4.69) is 36.6 Å². The smallest absolute Gasteiger partial charge is 0.134 e. The molecule has 3 aromatic heterocycles. The first-order chi connectivity index (χ1) is 8.81. The zero-order valence-corrected chi connectivity index (χ0v) is 12.1. The van der Waals surface area contributed by atoms with Gasteiger partial charge in [-0.2, -0.15) is 0 Å². The molecule has 0 aliphatic rings. The lowest BCUT2D eigenvalue weighted by atomic mass is 10.3. The van der Waals surface area contributed by atoms with Gasteiger partial charge in [0, 0.05) is 9.40 Å². The highest BCUT2D eigenvalue weighted by Crippen LogP contribution is 2.40. The lowest BCUT2D eigenvalue weighted by Crippen LogP contribution is -1.67. The minimum Gasteiger partial charge on any atom is -0.235 e. The molecule has 0 bridgehead atoms. The Morgan fingerprint density at radius 1 is 1.06 bits per heavy atom. The maximum atomic E-state index is 4.72. The highest BCUT2D eigenvalue weighted by molar-refractivity contribution is 7.31. The van der Waals surface area contributed by atoms with E-state index in [0.717, 1.165) is 10.5 Å². The molecule has 3 heterocycles. The number of hydrogen-bond donors (Lipinski definition) is 0. The number of aryl methyl sites for hydroxylation is 1. The summed E-state index contributed by atoms with van der Waals surface area (Å²) < 4.78 is 4.06. The number of benzene rings is 1. The summed E-state index contributed by atoms with van der Waals surface area (Å²) >= 11 is 5.46. The van der Waals surface area contributed by atoms with Crippen LogP contribution in [-0.4, -0.2) is 4.98 Å². The number of nitrogens with zero attached hydrogens (tertiary/aromatic N) is 1. The average molecular weight is 287 g/mol. The summed E-state index contributed by atoms with van der Waals surface area (Å²) in [5, 5.41) is 3.37. The quantitative estimate of drug-likeness (QED) is 0.447. The van der Waals surface area contributed by atoms with Gasteiger partial charge in [0.25, 0.3) is 0 Å². The first kappa shape index (κ1) is 10.7. The molecule has 0 radical (unpaired) electrons. The largest absolute Gasteiger partial charge is 0.235 e. The molecule has 0 fully saturated rings. The highest BCUT2D eigenvalue weighted by Gasteiger charge is 2.11. The van der Waals surface area contributed by atoms with Gasteiger partial charge < -0.3 is 0 Å². The summed E-state index contributed by atoms with van der Waals surface area (Å²) in [5.74, 6) is 0. The van der Waals surface area contributed by atoms with Crippen molar-refractivity contribution in [1.29, 1.82) is 0 Å². The molecular weight excluding hydrogens is 278 g/mol. The van der Waals surface area contributed by atoms with E-state index in [4.69, 9.17) is 4.98 Å². The van der Waals surface area contributed by atoms with Crippen molar-refractivity contribution in [3.05, 3.63) is 41.3 Å². The van der Waals surface area contributed by atoms with E-state index in [1.807, 2.05) is 28.7 Å². The molecule has 0 N–H and O–H groups in total. The van der Waals surface area contributed by atoms with Crippen molar-refractivity contribution >= 4 is 53.6 Å². The summed E-state index contributed by atoms with van der Waals surface area (Å²) in [6.07, 6.45) is 0. The lowest BCUT2D eigenvalue weighted by molar-refractivity contribution is 1.50. The van der Waals surface area contributed by atoms with Crippen LogP contribution in [0.1, 0.15) is 5.56 Å². The zero-order valence-electron chi connectivity index (χ0n) is 9.64. The molecule has 0 spiro atoms. The van der Waals surface area contributed by atoms with E-state index in [-0.39, 0.29) is 0 Å². The van der Waals surface area contributed by atoms with Crippen LogP contribution in [0.15, 0.2) is 35.7 Å². The Morgan fingerprint density at radius 3 is 2.78 bits per heavy atom. The third-order valence-electron chi connectivity index (χ3n) is 2.92. The fourth-order valence-corrected chi connectivity index (χ4v) is 5.35. The van der Waals surface area contributed by atoms with Crippen molar-refractivity contribution in [2.75, 3.05) is 0 Å². The standard InChI is InChI=1S/C14H9NS3/c1-8-7-16-11-6-12(17-13(8)11)14-15-9-4-2-3-5-10(9)18-14/h2-7H,1H3. The second-order valence-electron chi connectivity index (χ2n) is 4.21. The average Bonchev–Trinajstić information content (AvgIpc) is 3.04. The third-order valence-corrected chi connectivity index (χ3v) is 6.58. The van der Waals surface area contributed by atoms with Gasteiger partial charge >= 0.3 is 0 Å². The first-order valence-corrected chi connectivity index (χ1v) is 8.16. The van der Waals surface area contributed by atoms with Gasteiger partial charge in [-0.1, -0.05) is 12.1 Å². The Labute approximate surface area is 116 Å². The van der Waals surface area contributed by atoms with E-state index in [1.54, 1.807) is 11.3 Å². The molecular formula is C14H9NS3. The van der Waals surface area contributed by atoms with Crippen molar-refractivity contribution in [3.8, 4) is 9.88 Å². The SMILES string of the molecule is Cc1csc2cc(-c3nc4ccccc4s3)sc12. The van der Waals surface area contributed by atoms with Gasteiger partial charge in [-0.25, -0.2) is 4.98 Å². The molecule has 0 aliphatic carbocycles. The Morgan fingerprint density at radius 2 is 1.94 bits per heavy atom. The van der Waals surface area contributed by atoms with E-state index in [0.29, 0.717) is 0 Å². The van der Waals surface area contributed by atoms with Gasteiger partial charge in [-0.3, -0.25) is 0 Å². The van der Waals surface area contributed by atoms with Crippen LogP contribution in [0.4, 0.5) is 0 Å². The molecule has 1 nitrogen and oxygen atoms in total. The number of hydrogen-bond acceptors (Lipinski definition) is 4. The number of thiazole rings is 1. The molecule has 0 saturated heterocycles. The van der Waals surface area contributed by atoms with Gasteiger partial charge in [0.1, 0.15) is 5.01 Å². The lowest BCUT2D eigenvalue weighted by Gasteiger charge is -1.86. The highest BCUT2D eigenvalue weighted by atomic mass is 32.1. The van der Waals surface area contributed by atoms with Crippen LogP contribution in [0.25, 0.3) is 29.5 Å². The minimum absolute atomic E-state index is 1.10. The van der Waals surface area contributed by atoms with Gasteiger partial charge in [0.15, 0.2) is 0 Å². The molecule has 18 heavy (non-hydrogen) atoms. The van der Waals surface area contributed by atoms with Crippen LogP contribution in [0.2, 0.25) is 0 Å². The van der Waals surface area contributed by atoms with E-state index >= 15 is 0 Å². The second kappa shape index (κ2) is 3.88. The number of fused-ring (bicyclic) bond motifs is 2. The van der Waals surface area contributed by atoms with Crippen LogP contribution in [0.3, 0.4) is 0 Å². The van der Waals surface area contributed by atoms with E-state index < -0.39 is 0 Å². The molecule has 88 valence electrons. The predicted octanol–water partition coefficient (Wildman–Crippen LogP) is 5.55. The Balaban J connectivity index is 1.95. The van der Waals surface area contributed by atoms with Crippen molar-refractivity contribution in [2.24, 2.45) is 0 Å². The minimum atomic E-state index is 1.10. The zero-order chi connectivity index (χ0) is 12.1. The van der Waals surface area contributed by atoms with E-state index in [9.17, 15) is 0 Å². The number of thiophene rings is 2. The fraction of sp³-hybridized carbons (Fsp3) is 0.0714. The normalized spacial score (nSPS) is 11.6.